The monoisotopic (exact) mass is 384 g/mol. The Morgan fingerprint density at radius 2 is 1.67 bits per heavy atom. The summed E-state index contributed by atoms with van der Waals surface area (Å²) in [5.74, 6) is 0.591. The quantitative estimate of drug-likeness (QED) is 0.532. The molecule has 2 rings (SSSR count). The summed E-state index contributed by atoms with van der Waals surface area (Å²) < 4.78 is 1.96. The van der Waals surface area contributed by atoms with Crippen LogP contribution in [-0.4, -0.2) is 11.5 Å². The van der Waals surface area contributed by atoms with Crippen LogP contribution in [0, 0.1) is 0 Å². The molecule has 0 amide bonds. The van der Waals surface area contributed by atoms with Gasteiger partial charge in [0.1, 0.15) is 0 Å². The Bertz CT molecular complexity index is 569. The van der Waals surface area contributed by atoms with Crippen molar-refractivity contribution in [1.29, 1.82) is 0 Å². The molecule has 0 saturated heterocycles. The van der Waals surface area contributed by atoms with Crippen LogP contribution in [0.25, 0.3) is 0 Å². The molecule has 2 aromatic carbocycles. The van der Waals surface area contributed by atoms with E-state index in [0.717, 1.165) is 19.4 Å². The van der Waals surface area contributed by atoms with Crippen LogP contribution in [0.3, 0.4) is 0 Å². The molecule has 0 bridgehead atoms. The predicted molar refractivity (Wildman–Crippen MR) is 83.3 cm³/mol. The number of carbonyl (C=O) groups is 1. The van der Waals surface area contributed by atoms with Gasteiger partial charge in [0.15, 0.2) is 5.78 Å². The fraction of sp³-hybridized carbons (Fsp3) is 0.0714. The summed E-state index contributed by atoms with van der Waals surface area (Å²) in [5.41, 5.74) is 0.742. The van der Waals surface area contributed by atoms with Crippen LogP contribution in [0.4, 0.5) is 0 Å². The first kappa shape index (κ1) is 13.8. The highest BCUT2D eigenvalue weighted by Crippen LogP contribution is 2.23. The molecule has 18 heavy (non-hydrogen) atoms. The molecule has 1 nitrogen and oxygen atoms in total. The second kappa shape index (κ2) is 6.55. The van der Waals surface area contributed by atoms with Gasteiger partial charge in [0.2, 0.25) is 0 Å². The molecule has 4 heteroatoms. The minimum atomic E-state index is 0.140. The molecule has 0 fully saturated rings. The average molecular weight is 386 g/mol. The molecule has 2 aromatic rings. The lowest BCUT2D eigenvalue weighted by molar-refractivity contribution is 0.102. The van der Waals surface area contributed by atoms with Crippen LogP contribution in [0.2, 0.25) is 0 Å². The Hall–Kier alpha value is -0.580. The maximum atomic E-state index is 12.0. The van der Waals surface area contributed by atoms with Crippen molar-refractivity contribution < 1.29 is 4.79 Å². The Labute approximate surface area is 127 Å². The number of halogens is 2. The minimum Gasteiger partial charge on any atom is -0.293 e. The molecule has 0 aliphatic carbocycles. The van der Waals surface area contributed by atoms with Crippen molar-refractivity contribution in [3.05, 3.63) is 63.0 Å². The fourth-order valence-electron chi connectivity index (χ4n) is 1.45. The summed E-state index contributed by atoms with van der Waals surface area (Å²) in [5, 5.41) is 0. The summed E-state index contributed by atoms with van der Waals surface area (Å²) in [4.78, 5) is 13.1. The van der Waals surface area contributed by atoms with E-state index >= 15 is 0 Å². The Morgan fingerprint density at radius 1 is 1.00 bits per heavy atom. The van der Waals surface area contributed by atoms with E-state index in [1.54, 1.807) is 11.8 Å². The van der Waals surface area contributed by atoms with Crippen molar-refractivity contribution in [2.45, 2.75) is 4.90 Å². The van der Waals surface area contributed by atoms with Crippen molar-refractivity contribution in [3.63, 3.8) is 0 Å². The first-order valence-electron chi connectivity index (χ1n) is 5.32. The summed E-state index contributed by atoms with van der Waals surface area (Å²) in [7, 11) is 0. The third-order valence-corrected chi connectivity index (χ3v) is 4.29. The van der Waals surface area contributed by atoms with Crippen molar-refractivity contribution in [3.8, 4) is 0 Å². The maximum absolute atomic E-state index is 12.0. The zero-order valence-corrected chi connectivity index (χ0v) is 13.4. The van der Waals surface area contributed by atoms with Crippen LogP contribution in [0.15, 0.2) is 62.4 Å². The van der Waals surface area contributed by atoms with Gasteiger partial charge in [-0.3, -0.25) is 4.79 Å². The van der Waals surface area contributed by atoms with Gasteiger partial charge in [-0.25, -0.2) is 0 Å². The first-order valence-corrected chi connectivity index (χ1v) is 7.89. The van der Waals surface area contributed by atoms with Crippen molar-refractivity contribution >= 4 is 49.4 Å². The number of hydrogen-bond donors (Lipinski definition) is 0. The molecule has 0 spiro atoms. The number of hydrogen-bond acceptors (Lipinski definition) is 2. The molecule has 92 valence electrons. The van der Waals surface area contributed by atoms with Gasteiger partial charge >= 0.3 is 0 Å². The van der Waals surface area contributed by atoms with E-state index in [9.17, 15) is 4.79 Å². The third kappa shape index (κ3) is 3.97. The third-order valence-electron chi connectivity index (χ3n) is 2.31. The molecule has 0 unspecified atom stereocenters. The maximum Gasteiger partial charge on any atom is 0.173 e. The number of carbonyl (C=O) groups excluding carboxylic acids is 1. The van der Waals surface area contributed by atoms with Gasteiger partial charge in [-0.2, -0.15) is 0 Å². The van der Waals surface area contributed by atoms with E-state index in [-0.39, 0.29) is 5.78 Å². The molecule has 0 heterocycles. The summed E-state index contributed by atoms with van der Waals surface area (Å²) in [6.45, 7) is 0. The summed E-state index contributed by atoms with van der Waals surface area (Å²) >= 11 is 8.34. The topological polar surface area (TPSA) is 17.1 Å². The Kier molecular flexibility index (Phi) is 5.03. The number of benzene rings is 2. The van der Waals surface area contributed by atoms with E-state index in [1.807, 2.05) is 48.5 Å². The molecule has 0 N–H and O–H groups in total. The van der Waals surface area contributed by atoms with Gasteiger partial charge in [-0.1, -0.05) is 50.1 Å². The smallest absolute Gasteiger partial charge is 0.173 e. The molecule has 0 saturated carbocycles. The van der Waals surface area contributed by atoms with Gasteiger partial charge < -0.3 is 0 Å². The van der Waals surface area contributed by atoms with Gasteiger partial charge in [-0.05, 0) is 30.3 Å². The normalized spacial score (nSPS) is 10.3. The second-order valence-corrected chi connectivity index (χ2v) is 6.56. The largest absolute Gasteiger partial charge is 0.293 e. The first-order chi connectivity index (χ1) is 8.65. The lowest BCUT2D eigenvalue weighted by atomic mass is 10.2. The summed E-state index contributed by atoms with van der Waals surface area (Å²) in [6, 6.07) is 15.4. The zero-order valence-electron chi connectivity index (χ0n) is 9.40. The van der Waals surface area contributed by atoms with Crippen molar-refractivity contribution in [2.75, 3.05) is 5.75 Å². The van der Waals surface area contributed by atoms with E-state index in [2.05, 4.69) is 31.9 Å². The van der Waals surface area contributed by atoms with Crippen LogP contribution >= 0.6 is 43.6 Å². The second-order valence-electron chi connectivity index (χ2n) is 3.68. The molecular formula is C14H10Br2OS. The van der Waals surface area contributed by atoms with E-state index in [0.29, 0.717) is 5.75 Å². The molecule has 0 aliphatic rings. The highest BCUT2D eigenvalue weighted by molar-refractivity contribution is 9.10. The van der Waals surface area contributed by atoms with Crippen molar-refractivity contribution in [2.24, 2.45) is 0 Å². The molecular weight excluding hydrogens is 376 g/mol. The van der Waals surface area contributed by atoms with E-state index < -0.39 is 0 Å². The fourth-order valence-corrected chi connectivity index (χ4v) is 3.25. The standard InChI is InChI=1S/C14H10Br2OS/c15-11-4-1-3-10(7-11)14(17)9-18-13-6-2-5-12(16)8-13/h1-8H,9H2. The van der Waals surface area contributed by atoms with Crippen LogP contribution in [0.5, 0.6) is 0 Å². The highest BCUT2D eigenvalue weighted by Gasteiger charge is 2.07. The van der Waals surface area contributed by atoms with Crippen LogP contribution in [0.1, 0.15) is 10.4 Å². The Balaban J connectivity index is 2.00. The molecule has 0 atom stereocenters. The zero-order chi connectivity index (χ0) is 13.0. The number of rotatable bonds is 4. The lowest BCUT2D eigenvalue weighted by Gasteiger charge is -2.03. The molecule has 0 radical (unpaired) electrons. The number of Topliss-reactive ketones (excluding diaryl/α,β-unsaturated/α-hetero) is 1. The van der Waals surface area contributed by atoms with Crippen LogP contribution in [-0.2, 0) is 0 Å². The predicted octanol–water partition coefficient (Wildman–Crippen LogP) is 5.19. The number of ketones is 1. The molecule has 0 aromatic heterocycles. The van der Waals surface area contributed by atoms with E-state index in [4.69, 9.17) is 0 Å². The molecule has 0 aliphatic heterocycles. The van der Waals surface area contributed by atoms with E-state index in [1.165, 1.54) is 0 Å². The summed E-state index contributed by atoms with van der Waals surface area (Å²) in [6.07, 6.45) is 0. The van der Waals surface area contributed by atoms with Gasteiger partial charge in [0.05, 0.1) is 5.75 Å². The van der Waals surface area contributed by atoms with Crippen molar-refractivity contribution in [1.82, 2.24) is 0 Å². The average Bonchev–Trinajstić information content (AvgIpc) is 2.36. The van der Waals surface area contributed by atoms with Crippen LogP contribution < -0.4 is 0 Å². The lowest BCUT2D eigenvalue weighted by Crippen LogP contribution is -2.01. The minimum absolute atomic E-state index is 0.140. The van der Waals surface area contributed by atoms with Gasteiger partial charge in [0.25, 0.3) is 0 Å². The number of thioether (sulfide) groups is 1. The Morgan fingerprint density at radius 3 is 2.33 bits per heavy atom. The SMILES string of the molecule is O=C(CSc1cccc(Br)c1)c1cccc(Br)c1. The van der Waals surface area contributed by atoms with Gasteiger partial charge in [0, 0.05) is 19.4 Å². The highest BCUT2D eigenvalue weighted by atomic mass is 79.9. The van der Waals surface area contributed by atoms with Gasteiger partial charge in [-0.15, -0.1) is 11.8 Å².